The third-order valence-electron chi connectivity index (χ3n) is 6.97. The van der Waals surface area contributed by atoms with E-state index < -0.39 is 0 Å². The zero-order chi connectivity index (χ0) is 25.4. The number of amidine groups is 1. The average molecular weight is 476 g/mol. The summed E-state index contributed by atoms with van der Waals surface area (Å²) >= 11 is 0. The summed E-state index contributed by atoms with van der Waals surface area (Å²) in [6.45, 7) is 10.5. The van der Waals surface area contributed by atoms with Crippen LogP contribution in [0, 0.1) is 5.41 Å². The zero-order valence-corrected chi connectivity index (χ0v) is 21.8. The monoisotopic (exact) mass is 475 g/mol. The number of piperidine rings is 1. The molecule has 2 atom stereocenters. The van der Waals surface area contributed by atoms with Gasteiger partial charge in [-0.05, 0) is 64.3 Å². The zero-order valence-electron chi connectivity index (χ0n) is 21.8. The molecule has 0 spiro atoms. The van der Waals surface area contributed by atoms with Crippen molar-refractivity contribution in [2.24, 2.45) is 5.73 Å². The van der Waals surface area contributed by atoms with Crippen LogP contribution in [0.1, 0.15) is 71.8 Å². The van der Waals surface area contributed by atoms with Gasteiger partial charge in [-0.1, -0.05) is 57.0 Å². The molecular formula is C29H41N5O. The van der Waals surface area contributed by atoms with E-state index in [9.17, 15) is 4.79 Å². The van der Waals surface area contributed by atoms with Crippen LogP contribution in [0.5, 0.6) is 0 Å². The van der Waals surface area contributed by atoms with E-state index in [2.05, 4.69) is 23.7 Å². The summed E-state index contributed by atoms with van der Waals surface area (Å²) in [5.41, 5.74) is 8.94. The fourth-order valence-corrected chi connectivity index (χ4v) is 5.09. The molecule has 4 rings (SSSR count). The highest BCUT2D eigenvalue weighted by molar-refractivity contribution is 5.96. The van der Waals surface area contributed by atoms with Gasteiger partial charge in [0, 0.05) is 29.8 Å². The van der Waals surface area contributed by atoms with Crippen molar-refractivity contribution >= 4 is 16.9 Å². The maximum absolute atomic E-state index is 13.5. The molecule has 3 N–H and O–H groups in total. The Morgan fingerprint density at radius 2 is 1.69 bits per heavy atom. The van der Waals surface area contributed by atoms with Crippen LogP contribution in [0.2, 0.25) is 0 Å². The molecule has 35 heavy (non-hydrogen) atoms. The molecule has 1 aliphatic heterocycles. The molecule has 2 aromatic carbocycles. The van der Waals surface area contributed by atoms with E-state index in [1.165, 1.54) is 19.3 Å². The Kier molecular flexibility index (Phi) is 9.61. The minimum atomic E-state index is -0.0901. The first-order valence-corrected chi connectivity index (χ1v) is 13.2. The maximum Gasteiger partial charge on any atom is 0.277 e. The number of aryl methyl sites for hydroxylation is 1. The van der Waals surface area contributed by atoms with Crippen LogP contribution in [-0.4, -0.2) is 38.9 Å². The van der Waals surface area contributed by atoms with Crippen LogP contribution in [0.4, 0.5) is 0 Å². The first-order chi connectivity index (χ1) is 17.0. The maximum atomic E-state index is 13.5. The number of nitrogen functional groups attached to an aromatic ring is 1. The molecule has 0 radical (unpaired) electrons. The SMILES string of the molecule is CC.CC1CCCC(C)N1CCCCCn1c(=O)c(-c2cccc(C(=N)N)c2)nc2ccccc21. The van der Waals surface area contributed by atoms with Crippen LogP contribution in [-0.2, 0) is 6.54 Å². The van der Waals surface area contributed by atoms with Gasteiger partial charge in [0.2, 0.25) is 0 Å². The lowest BCUT2D eigenvalue weighted by atomic mass is 9.97. The highest BCUT2D eigenvalue weighted by atomic mass is 16.1. The van der Waals surface area contributed by atoms with E-state index in [1.807, 2.05) is 54.8 Å². The Balaban J connectivity index is 0.00000167. The van der Waals surface area contributed by atoms with E-state index in [1.54, 1.807) is 12.1 Å². The molecule has 0 aliphatic carbocycles. The third-order valence-corrected chi connectivity index (χ3v) is 6.97. The molecule has 3 aromatic rings. The number of nitrogens with one attached hydrogen (secondary N) is 1. The second-order valence-electron chi connectivity index (χ2n) is 9.33. The van der Waals surface area contributed by atoms with Gasteiger partial charge in [-0.3, -0.25) is 15.1 Å². The largest absolute Gasteiger partial charge is 0.384 e. The number of nitrogens with two attached hydrogens (primary N) is 1. The molecule has 1 aromatic heterocycles. The predicted molar refractivity (Wildman–Crippen MR) is 147 cm³/mol. The fraction of sp³-hybridized carbons (Fsp3) is 0.483. The van der Waals surface area contributed by atoms with E-state index in [0.717, 1.165) is 36.8 Å². The summed E-state index contributed by atoms with van der Waals surface area (Å²) in [5, 5.41) is 7.72. The lowest BCUT2D eigenvalue weighted by Gasteiger charge is -2.39. The van der Waals surface area contributed by atoms with Crippen molar-refractivity contribution < 1.29 is 0 Å². The molecule has 2 heterocycles. The quantitative estimate of drug-likeness (QED) is 0.245. The van der Waals surface area contributed by atoms with Crippen molar-refractivity contribution in [1.82, 2.24) is 14.5 Å². The van der Waals surface area contributed by atoms with Crippen molar-refractivity contribution in [2.75, 3.05) is 6.54 Å². The van der Waals surface area contributed by atoms with Gasteiger partial charge in [0.15, 0.2) is 0 Å². The number of fused-ring (bicyclic) bond motifs is 1. The number of nitrogens with zero attached hydrogens (tertiary/aromatic N) is 3. The average Bonchev–Trinajstić information content (AvgIpc) is 2.87. The molecule has 1 saturated heterocycles. The minimum Gasteiger partial charge on any atom is -0.384 e. The van der Waals surface area contributed by atoms with Crippen LogP contribution in [0.15, 0.2) is 53.3 Å². The van der Waals surface area contributed by atoms with Gasteiger partial charge in [0.25, 0.3) is 5.56 Å². The van der Waals surface area contributed by atoms with Gasteiger partial charge in [0.1, 0.15) is 11.5 Å². The first-order valence-electron chi connectivity index (χ1n) is 13.2. The van der Waals surface area contributed by atoms with Crippen molar-refractivity contribution in [3.05, 3.63) is 64.4 Å². The Hall–Kier alpha value is -2.99. The lowest BCUT2D eigenvalue weighted by molar-refractivity contribution is 0.101. The van der Waals surface area contributed by atoms with Gasteiger partial charge in [0.05, 0.1) is 11.0 Å². The second kappa shape index (κ2) is 12.6. The molecule has 1 fully saturated rings. The van der Waals surface area contributed by atoms with Crippen molar-refractivity contribution in [1.29, 1.82) is 5.41 Å². The number of aromatic nitrogens is 2. The molecule has 0 saturated carbocycles. The molecule has 0 amide bonds. The van der Waals surface area contributed by atoms with Crippen LogP contribution < -0.4 is 11.3 Å². The summed E-state index contributed by atoms with van der Waals surface area (Å²) in [6.07, 6.45) is 7.15. The van der Waals surface area contributed by atoms with Gasteiger partial charge in [-0.25, -0.2) is 4.98 Å². The van der Waals surface area contributed by atoms with Crippen LogP contribution in [0.25, 0.3) is 22.3 Å². The minimum absolute atomic E-state index is 0.0182. The summed E-state index contributed by atoms with van der Waals surface area (Å²) in [5.74, 6) is -0.0182. The van der Waals surface area contributed by atoms with Crippen molar-refractivity contribution in [2.45, 2.75) is 84.8 Å². The first kappa shape index (κ1) is 26.6. The Bertz CT molecular complexity index is 1180. The molecular weight excluding hydrogens is 434 g/mol. The van der Waals surface area contributed by atoms with Crippen molar-refractivity contribution in [3.8, 4) is 11.3 Å². The number of unbranched alkanes of at least 4 members (excludes halogenated alkanes) is 2. The third kappa shape index (κ3) is 6.37. The summed E-state index contributed by atoms with van der Waals surface area (Å²) in [4.78, 5) is 20.8. The van der Waals surface area contributed by atoms with E-state index in [-0.39, 0.29) is 11.4 Å². The van der Waals surface area contributed by atoms with E-state index >= 15 is 0 Å². The summed E-state index contributed by atoms with van der Waals surface area (Å²) in [7, 11) is 0. The standard InChI is InChI=1S/C27H35N5O.C2H6/c1-19-10-8-11-20(2)31(19)16-6-3-7-17-32-24-15-5-4-14-23(24)30-25(27(32)33)21-12-9-13-22(18-21)26(28)29;1-2/h4-5,9,12-15,18-20H,3,6-8,10-11,16-17H2,1-2H3,(H3,28,29);1-2H3. The van der Waals surface area contributed by atoms with Gasteiger partial charge in [-0.15, -0.1) is 0 Å². The van der Waals surface area contributed by atoms with E-state index in [4.69, 9.17) is 11.1 Å². The smallest absolute Gasteiger partial charge is 0.277 e. The number of para-hydroxylation sites is 2. The fourth-order valence-electron chi connectivity index (χ4n) is 5.09. The number of likely N-dealkylation sites (tertiary alicyclic amines) is 1. The highest BCUT2D eigenvalue weighted by Crippen LogP contribution is 2.23. The number of hydrogen-bond donors (Lipinski definition) is 2. The molecule has 188 valence electrons. The number of hydrogen-bond acceptors (Lipinski definition) is 4. The Morgan fingerprint density at radius 3 is 2.40 bits per heavy atom. The number of benzene rings is 2. The normalized spacial score (nSPS) is 18.2. The molecule has 2 unspecified atom stereocenters. The van der Waals surface area contributed by atoms with Gasteiger partial charge < -0.3 is 10.3 Å². The van der Waals surface area contributed by atoms with Crippen molar-refractivity contribution in [3.63, 3.8) is 0 Å². The second-order valence-corrected chi connectivity index (χ2v) is 9.33. The predicted octanol–water partition coefficient (Wildman–Crippen LogP) is 5.81. The number of rotatable bonds is 8. The lowest BCUT2D eigenvalue weighted by Crippen LogP contribution is -2.44. The topological polar surface area (TPSA) is 88.0 Å². The molecule has 6 nitrogen and oxygen atoms in total. The Morgan fingerprint density at radius 1 is 1.00 bits per heavy atom. The highest BCUT2D eigenvalue weighted by Gasteiger charge is 2.23. The van der Waals surface area contributed by atoms with Gasteiger partial charge >= 0.3 is 0 Å². The van der Waals surface area contributed by atoms with Crippen LogP contribution >= 0.6 is 0 Å². The summed E-state index contributed by atoms with van der Waals surface area (Å²) in [6, 6.07) is 16.4. The molecule has 6 heteroatoms. The van der Waals surface area contributed by atoms with E-state index in [0.29, 0.717) is 35.4 Å². The van der Waals surface area contributed by atoms with Crippen LogP contribution in [0.3, 0.4) is 0 Å². The Labute approximate surface area is 209 Å². The van der Waals surface area contributed by atoms with Gasteiger partial charge in [-0.2, -0.15) is 0 Å². The molecule has 0 bridgehead atoms. The molecule has 1 aliphatic rings. The summed E-state index contributed by atoms with van der Waals surface area (Å²) < 4.78 is 1.87.